The van der Waals surface area contributed by atoms with Gasteiger partial charge >= 0.3 is 0 Å². The van der Waals surface area contributed by atoms with Crippen molar-refractivity contribution >= 4 is 19.7 Å². The van der Waals surface area contributed by atoms with Crippen LogP contribution in [0.1, 0.15) is 0 Å². The van der Waals surface area contributed by atoms with Gasteiger partial charge in [-0.05, 0) is 95.1 Å². The van der Waals surface area contributed by atoms with Crippen LogP contribution in [0.2, 0.25) is 0 Å². The SMILES string of the molecule is O=S(=O)(c1ccc(O)cc1)c1ccc(-c2ccc(-c3ccc(S(=O)(=O)c4ccc(O)cc4)cc3)cc2)cc1. The molecule has 5 rings (SSSR count). The number of benzene rings is 5. The van der Waals surface area contributed by atoms with Gasteiger partial charge in [0.2, 0.25) is 19.7 Å². The summed E-state index contributed by atoms with van der Waals surface area (Å²) in [5.74, 6) is -0.00407. The Morgan fingerprint density at radius 3 is 0.737 bits per heavy atom. The van der Waals surface area contributed by atoms with Gasteiger partial charge in [0.25, 0.3) is 0 Å². The molecule has 0 heterocycles. The number of phenolic OH excluding ortho intramolecular Hbond substituents is 2. The summed E-state index contributed by atoms with van der Waals surface area (Å²) in [5.41, 5.74) is 3.48. The lowest BCUT2D eigenvalue weighted by atomic mass is 10.0. The largest absolute Gasteiger partial charge is 0.508 e. The van der Waals surface area contributed by atoms with Gasteiger partial charge in [0.05, 0.1) is 19.6 Å². The molecule has 0 atom stereocenters. The van der Waals surface area contributed by atoms with Gasteiger partial charge in [0.1, 0.15) is 11.5 Å². The van der Waals surface area contributed by atoms with Crippen LogP contribution in [0.3, 0.4) is 0 Å². The molecule has 0 saturated heterocycles. The lowest BCUT2D eigenvalue weighted by Gasteiger charge is -2.09. The maximum atomic E-state index is 12.8. The molecule has 8 heteroatoms. The molecule has 0 radical (unpaired) electrons. The first-order valence-corrected chi connectivity index (χ1v) is 14.5. The van der Waals surface area contributed by atoms with Crippen LogP contribution in [-0.4, -0.2) is 27.0 Å². The van der Waals surface area contributed by atoms with Gasteiger partial charge in [-0.1, -0.05) is 48.5 Å². The summed E-state index contributed by atoms with van der Waals surface area (Å²) in [6.07, 6.45) is 0. The second-order valence-corrected chi connectivity index (χ2v) is 12.5. The Labute approximate surface area is 220 Å². The summed E-state index contributed by atoms with van der Waals surface area (Å²) >= 11 is 0. The van der Waals surface area contributed by atoms with Crippen molar-refractivity contribution in [3.05, 3.63) is 121 Å². The molecule has 190 valence electrons. The van der Waals surface area contributed by atoms with Gasteiger partial charge < -0.3 is 10.2 Å². The fourth-order valence-electron chi connectivity index (χ4n) is 4.03. The van der Waals surface area contributed by atoms with Crippen LogP contribution < -0.4 is 0 Å². The highest BCUT2D eigenvalue weighted by atomic mass is 32.2. The summed E-state index contributed by atoms with van der Waals surface area (Å²) < 4.78 is 51.4. The highest BCUT2D eigenvalue weighted by Gasteiger charge is 2.19. The quantitative estimate of drug-likeness (QED) is 0.269. The van der Waals surface area contributed by atoms with Crippen molar-refractivity contribution in [2.45, 2.75) is 19.6 Å². The minimum absolute atomic E-state index is 0.00203. The Balaban J connectivity index is 1.34. The molecule has 0 aliphatic carbocycles. The van der Waals surface area contributed by atoms with Crippen molar-refractivity contribution in [1.82, 2.24) is 0 Å². The summed E-state index contributed by atoms with van der Waals surface area (Å²) in [6.45, 7) is 0. The monoisotopic (exact) mass is 542 g/mol. The van der Waals surface area contributed by atoms with E-state index < -0.39 is 19.7 Å². The van der Waals surface area contributed by atoms with Crippen LogP contribution in [-0.2, 0) is 19.7 Å². The summed E-state index contributed by atoms with van der Waals surface area (Å²) in [4.78, 5) is 0.528. The molecule has 5 aromatic rings. The van der Waals surface area contributed by atoms with E-state index in [1.54, 1.807) is 48.5 Å². The average Bonchev–Trinajstić information content (AvgIpc) is 2.94. The van der Waals surface area contributed by atoms with Crippen LogP contribution in [0.4, 0.5) is 0 Å². The van der Waals surface area contributed by atoms with E-state index in [9.17, 15) is 27.0 Å². The molecule has 0 fully saturated rings. The Kier molecular flexibility index (Phi) is 6.52. The molecule has 0 aliphatic heterocycles. The Hall–Kier alpha value is -4.40. The molecular formula is C30H22O6S2. The van der Waals surface area contributed by atoms with E-state index in [4.69, 9.17) is 0 Å². The predicted octanol–water partition coefficient (Wildman–Crippen LogP) is 6.10. The maximum absolute atomic E-state index is 12.8. The van der Waals surface area contributed by atoms with Gasteiger partial charge in [-0.3, -0.25) is 0 Å². The van der Waals surface area contributed by atoms with Crippen molar-refractivity contribution in [3.8, 4) is 33.8 Å². The van der Waals surface area contributed by atoms with E-state index in [2.05, 4.69) is 0 Å². The van der Waals surface area contributed by atoms with Crippen LogP contribution in [0.5, 0.6) is 11.5 Å². The molecule has 0 aliphatic rings. The molecule has 0 amide bonds. The average molecular weight is 543 g/mol. The lowest BCUT2D eigenvalue weighted by Crippen LogP contribution is -2.01. The van der Waals surface area contributed by atoms with Crippen molar-refractivity contribution in [2.24, 2.45) is 0 Å². The van der Waals surface area contributed by atoms with E-state index in [1.807, 2.05) is 24.3 Å². The summed E-state index contributed by atoms with van der Waals surface area (Å²) in [5, 5.41) is 18.8. The molecule has 0 aromatic heterocycles. The van der Waals surface area contributed by atoms with E-state index in [1.165, 1.54) is 48.5 Å². The zero-order chi connectivity index (χ0) is 26.9. The first-order chi connectivity index (χ1) is 18.1. The molecule has 0 spiro atoms. The van der Waals surface area contributed by atoms with E-state index in [0.717, 1.165) is 22.3 Å². The highest BCUT2D eigenvalue weighted by molar-refractivity contribution is 7.91. The molecule has 5 aromatic carbocycles. The zero-order valence-electron chi connectivity index (χ0n) is 19.9. The molecule has 0 unspecified atom stereocenters. The molecule has 0 bridgehead atoms. The first kappa shape index (κ1) is 25.3. The van der Waals surface area contributed by atoms with Crippen molar-refractivity contribution in [1.29, 1.82) is 0 Å². The van der Waals surface area contributed by atoms with Crippen LogP contribution >= 0.6 is 0 Å². The first-order valence-electron chi connectivity index (χ1n) is 11.5. The molecule has 0 saturated carbocycles. The second kappa shape index (κ2) is 9.81. The summed E-state index contributed by atoms with van der Waals surface area (Å²) in [7, 11) is -7.39. The fourth-order valence-corrected chi connectivity index (χ4v) is 6.55. The Morgan fingerprint density at radius 2 is 0.500 bits per heavy atom. The molecular weight excluding hydrogens is 520 g/mol. The number of sulfone groups is 2. The number of aromatic hydroxyl groups is 2. The fraction of sp³-hybridized carbons (Fsp3) is 0. The van der Waals surface area contributed by atoms with Crippen LogP contribution in [0.15, 0.2) is 141 Å². The van der Waals surface area contributed by atoms with E-state index in [-0.39, 0.29) is 31.1 Å². The minimum Gasteiger partial charge on any atom is -0.508 e. The zero-order valence-corrected chi connectivity index (χ0v) is 21.5. The van der Waals surface area contributed by atoms with Crippen molar-refractivity contribution in [3.63, 3.8) is 0 Å². The Morgan fingerprint density at radius 1 is 0.316 bits per heavy atom. The van der Waals surface area contributed by atoms with Crippen LogP contribution in [0, 0.1) is 0 Å². The number of hydrogen-bond acceptors (Lipinski definition) is 6. The third kappa shape index (κ3) is 4.91. The van der Waals surface area contributed by atoms with E-state index >= 15 is 0 Å². The molecule has 6 nitrogen and oxygen atoms in total. The van der Waals surface area contributed by atoms with Gasteiger partial charge in [-0.25, -0.2) is 16.8 Å². The van der Waals surface area contributed by atoms with E-state index in [0.29, 0.717) is 0 Å². The lowest BCUT2D eigenvalue weighted by molar-refractivity contribution is 0.474. The van der Waals surface area contributed by atoms with Crippen molar-refractivity contribution < 1.29 is 27.0 Å². The molecule has 2 N–H and O–H groups in total. The normalized spacial score (nSPS) is 11.8. The topological polar surface area (TPSA) is 109 Å². The third-order valence-electron chi connectivity index (χ3n) is 6.17. The minimum atomic E-state index is -3.70. The highest BCUT2D eigenvalue weighted by Crippen LogP contribution is 2.30. The van der Waals surface area contributed by atoms with Crippen LogP contribution in [0.25, 0.3) is 22.3 Å². The standard InChI is InChI=1S/C30H22O6S2/c31-25-9-17-29(18-10-25)37(33,34)27-13-5-23(6-14-27)21-1-2-22(4-3-21)24-7-15-28(16-8-24)38(35,36)30-19-11-26(32)12-20-30/h1-20,31-32H. The van der Waals surface area contributed by atoms with Gasteiger partial charge in [0.15, 0.2) is 0 Å². The van der Waals surface area contributed by atoms with Gasteiger partial charge in [0, 0.05) is 0 Å². The summed E-state index contributed by atoms with van der Waals surface area (Å²) in [6, 6.07) is 31.7. The third-order valence-corrected chi connectivity index (χ3v) is 9.75. The maximum Gasteiger partial charge on any atom is 0.206 e. The number of rotatable bonds is 6. The van der Waals surface area contributed by atoms with Gasteiger partial charge in [-0.15, -0.1) is 0 Å². The second-order valence-electron chi connectivity index (χ2n) is 8.62. The Bertz CT molecular complexity index is 1650. The smallest absolute Gasteiger partial charge is 0.206 e. The predicted molar refractivity (Wildman–Crippen MR) is 144 cm³/mol. The molecule has 38 heavy (non-hydrogen) atoms. The number of hydrogen-bond donors (Lipinski definition) is 2. The van der Waals surface area contributed by atoms with Gasteiger partial charge in [-0.2, -0.15) is 0 Å². The number of phenols is 2. The van der Waals surface area contributed by atoms with Crippen molar-refractivity contribution in [2.75, 3.05) is 0 Å².